The number of halogens is 2. The fraction of sp³-hybridized carbons (Fsp3) is 0.400. The molecule has 2 aromatic rings. The van der Waals surface area contributed by atoms with Gasteiger partial charge in [0, 0.05) is 19.0 Å². The lowest BCUT2D eigenvalue weighted by atomic mass is 10.6. The van der Waals surface area contributed by atoms with E-state index in [9.17, 15) is 0 Å². The third-order valence-corrected chi connectivity index (χ3v) is 2.96. The molecule has 0 aromatic carbocycles. The van der Waals surface area contributed by atoms with Gasteiger partial charge in [0.1, 0.15) is 6.23 Å². The molecule has 1 atom stereocenters. The van der Waals surface area contributed by atoms with Crippen LogP contribution in [0.5, 0.6) is 0 Å². The minimum absolute atomic E-state index is 0.0449. The summed E-state index contributed by atoms with van der Waals surface area (Å²) in [5.74, 6) is 0. The van der Waals surface area contributed by atoms with Gasteiger partial charge < -0.3 is 4.74 Å². The molecule has 7 heteroatoms. The molecule has 0 aliphatic rings. The number of aromatic amines is 1. The normalized spacial score (nSPS) is 11.8. The van der Waals surface area contributed by atoms with Crippen molar-refractivity contribution in [3.8, 4) is 0 Å². The summed E-state index contributed by atoms with van der Waals surface area (Å²) in [5, 5.41) is 10.5. The second-order valence-corrected chi connectivity index (χ2v) is 5.60. The van der Waals surface area contributed by atoms with E-state index in [-0.39, 0.29) is 6.23 Å². The fourth-order valence-corrected chi connectivity index (χ4v) is 1.75. The fourth-order valence-electron chi connectivity index (χ4n) is 1.07. The summed E-state index contributed by atoms with van der Waals surface area (Å²) in [6.45, 7) is 4.68. The zero-order chi connectivity index (χ0) is 12.7. The third kappa shape index (κ3) is 5.82. The van der Waals surface area contributed by atoms with Crippen molar-refractivity contribution in [3.05, 3.63) is 31.9 Å². The van der Waals surface area contributed by atoms with Crippen molar-refractivity contribution in [2.24, 2.45) is 0 Å². The van der Waals surface area contributed by atoms with E-state index in [1.807, 2.05) is 37.1 Å². The van der Waals surface area contributed by atoms with Gasteiger partial charge in [-0.05, 0) is 59.0 Å². The van der Waals surface area contributed by atoms with E-state index in [0.29, 0.717) is 0 Å². The number of aromatic nitrogens is 4. The van der Waals surface area contributed by atoms with Gasteiger partial charge in [-0.15, -0.1) is 0 Å². The van der Waals surface area contributed by atoms with E-state index >= 15 is 0 Å². The summed E-state index contributed by atoms with van der Waals surface area (Å²) in [6, 6.07) is 0. The van der Waals surface area contributed by atoms with E-state index in [2.05, 4.69) is 60.5 Å². The molecule has 17 heavy (non-hydrogen) atoms. The van der Waals surface area contributed by atoms with Gasteiger partial charge in [0.25, 0.3) is 0 Å². The van der Waals surface area contributed by atoms with E-state index in [1.54, 1.807) is 6.20 Å². The maximum Gasteiger partial charge on any atom is 0.147 e. The first-order chi connectivity index (χ1) is 8.13. The molecular formula is C10H14I2N4O. The average Bonchev–Trinajstić information content (AvgIpc) is 2.91. The van der Waals surface area contributed by atoms with Crippen molar-refractivity contribution in [3.63, 3.8) is 0 Å². The standard InChI is InChI=1S/C7H11IN2O.C3H3IN2/c1-3-11-6(2)10-5-7(8)4-9-10;4-3-1-5-6-2-3/h4-6H,3H2,1-2H3;1-2H,(H,5,6). The van der Waals surface area contributed by atoms with Gasteiger partial charge in [-0.2, -0.15) is 10.2 Å². The van der Waals surface area contributed by atoms with Crippen molar-refractivity contribution in [1.29, 1.82) is 0 Å². The van der Waals surface area contributed by atoms with Crippen molar-refractivity contribution < 1.29 is 4.74 Å². The summed E-state index contributed by atoms with van der Waals surface area (Å²) in [4.78, 5) is 0. The number of hydrogen-bond acceptors (Lipinski definition) is 3. The maximum absolute atomic E-state index is 5.34. The van der Waals surface area contributed by atoms with Gasteiger partial charge in [-0.25, -0.2) is 4.68 Å². The largest absolute Gasteiger partial charge is 0.357 e. The molecule has 2 rings (SSSR count). The summed E-state index contributed by atoms with van der Waals surface area (Å²) in [6.07, 6.45) is 7.42. The number of H-pyrrole nitrogens is 1. The van der Waals surface area contributed by atoms with Crippen LogP contribution < -0.4 is 0 Å². The van der Waals surface area contributed by atoms with Crippen LogP contribution in [0.1, 0.15) is 20.1 Å². The van der Waals surface area contributed by atoms with Crippen LogP contribution in [0.3, 0.4) is 0 Å². The van der Waals surface area contributed by atoms with Crippen LogP contribution in [0.25, 0.3) is 0 Å². The van der Waals surface area contributed by atoms with Crippen LogP contribution in [0.4, 0.5) is 0 Å². The number of hydrogen-bond donors (Lipinski definition) is 1. The van der Waals surface area contributed by atoms with Crippen molar-refractivity contribution in [2.45, 2.75) is 20.1 Å². The first-order valence-corrected chi connectivity index (χ1v) is 7.24. The second kappa shape index (κ2) is 8.03. The highest BCUT2D eigenvalue weighted by molar-refractivity contribution is 14.1. The Hall–Kier alpha value is -0.160. The van der Waals surface area contributed by atoms with Gasteiger partial charge in [-0.3, -0.25) is 5.10 Å². The number of ether oxygens (including phenoxy) is 1. The Morgan fingerprint density at radius 1 is 1.41 bits per heavy atom. The highest BCUT2D eigenvalue weighted by atomic mass is 127. The first-order valence-electron chi connectivity index (χ1n) is 5.09. The van der Waals surface area contributed by atoms with E-state index < -0.39 is 0 Å². The zero-order valence-corrected chi connectivity index (χ0v) is 13.9. The Labute approximate surface area is 128 Å². The maximum atomic E-state index is 5.34. The van der Waals surface area contributed by atoms with Crippen LogP contribution in [0.15, 0.2) is 24.8 Å². The molecule has 0 aliphatic heterocycles. The Morgan fingerprint density at radius 3 is 2.53 bits per heavy atom. The summed E-state index contributed by atoms with van der Waals surface area (Å²) in [7, 11) is 0. The van der Waals surface area contributed by atoms with Gasteiger partial charge in [0.2, 0.25) is 0 Å². The molecule has 2 aromatic heterocycles. The molecule has 0 saturated heterocycles. The van der Waals surface area contributed by atoms with Gasteiger partial charge in [-0.1, -0.05) is 0 Å². The van der Waals surface area contributed by atoms with E-state index in [0.717, 1.165) is 13.7 Å². The molecule has 2 heterocycles. The smallest absolute Gasteiger partial charge is 0.147 e. The van der Waals surface area contributed by atoms with Gasteiger partial charge >= 0.3 is 0 Å². The van der Waals surface area contributed by atoms with E-state index in [1.165, 1.54) is 0 Å². The number of nitrogens with one attached hydrogen (secondary N) is 1. The Kier molecular flexibility index (Phi) is 7.04. The molecular weight excluding hydrogens is 446 g/mol. The lowest BCUT2D eigenvalue weighted by Gasteiger charge is -2.10. The van der Waals surface area contributed by atoms with Crippen LogP contribution >= 0.6 is 45.2 Å². The Balaban J connectivity index is 0.000000202. The predicted octanol–water partition coefficient (Wildman–Crippen LogP) is 3.06. The lowest BCUT2D eigenvalue weighted by Crippen LogP contribution is -2.09. The summed E-state index contributed by atoms with van der Waals surface area (Å²) < 4.78 is 9.43. The van der Waals surface area contributed by atoms with Crippen molar-refractivity contribution >= 4 is 45.2 Å². The molecule has 0 amide bonds. The third-order valence-electron chi connectivity index (χ3n) is 1.82. The second-order valence-electron chi connectivity index (χ2n) is 3.11. The number of nitrogens with zero attached hydrogens (tertiary/aromatic N) is 3. The highest BCUT2D eigenvalue weighted by Gasteiger charge is 2.03. The highest BCUT2D eigenvalue weighted by Crippen LogP contribution is 2.08. The topological polar surface area (TPSA) is 55.7 Å². The van der Waals surface area contributed by atoms with Crippen LogP contribution in [-0.4, -0.2) is 26.6 Å². The molecule has 0 radical (unpaired) electrons. The minimum atomic E-state index is 0.0449. The van der Waals surface area contributed by atoms with Crippen LogP contribution in [0, 0.1) is 7.14 Å². The monoisotopic (exact) mass is 460 g/mol. The Bertz CT molecular complexity index is 416. The molecule has 1 N–H and O–H groups in total. The summed E-state index contributed by atoms with van der Waals surface area (Å²) in [5.41, 5.74) is 0. The van der Waals surface area contributed by atoms with E-state index in [4.69, 9.17) is 4.74 Å². The van der Waals surface area contributed by atoms with Crippen LogP contribution in [0.2, 0.25) is 0 Å². The summed E-state index contributed by atoms with van der Waals surface area (Å²) >= 11 is 4.40. The van der Waals surface area contributed by atoms with Crippen molar-refractivity contribution in [1.82, 2.24) is 20.0 Å². The SMILES string of the molecule is CCOC(C)n1cc(I)cn1.Ic1cn[nH]c1. The molecule has 0 spiro atoms. The molecule has 0 bridgehead atoms. The Morgan fingerprint density at radius 2 is 2.18 bits per heavy atom. The molecule has 1 unspecified atom stereocenters. The van der Waals surface area contributed by atoms with Crippen molar-refractivity contribution in [2.75, 3.05) is 6.61 Å². The molecule has 94 valence electrons. The predicted molar refractivity (Wildman–Crippen MR) is 82.6 cm³/mol. The minimum Gasteiger partial charge on any atom is -0.357 e. The first kappa shape index (κ1) is 14.9. The lowest BCUT2D eigenvalue weighted by molar-refractivity contribution is 0.0159. The quantitative estimate of drug-likeness (QED) is 0.718. The average molecular weight is 460 g/mol. The van der Waals surface area contributed by atoms with Crippen LogP contribution in [-0.2, 0) is 4.74 Å². The number of rotatable bonds is 3. The van der Waals surface area contributed by atoms with Gasteiger partial charge in [0.05, 0.1) is 19.5 Å². The molecule has 5 nitrogen and oxygen atoms in total. The molecule has 0 aliphatic carbocycles. The molecule has 0 saturated carbocycles. The van der Waals surface area contributed by atoms with Gasteiger partial charge in [0.15, 0.2) is 0 Å². The zero-order valence-electron chi connectivity index (χ0n) is 9.60. The molecule has 0 fully saturated rings.